The molecule has 1 rings (SSSR count). The van der Waals surface area contributed by atoms with Crippen molar-refractivity contribution in [1.82, 2.24) is 15.6 Å². The summed E-state index contributed by atoms with van der Waals surface area (Å²) in [6.45, 7) is 6.04. The lowest BCUT2D eigenvalue weighted by atomic mass is 10.1. The highest BCUT2D eigenvalue weighted by Crippen LogP contribution is 1.98. The number of aromatic nitrogens is 1. The Morgan fingerprint density at radius 2 is 2.15 bits per heavy atom. The van der Waals surface area contributed by atoms with Crippen LogP contribution in [-0.2, 0) is 0 Å². The lowest BCUT2D eigenvalue weighted by Crippen LogP contribution is -2.38. The molecule has 1 amide bonds. The fourth-order valence-corrected chi connectivity index (χ4v) is 1.46. The first-order valence-electron chi connectivity index (χ1n) is 6.81. The third kappa shape index (κ3) is 6.72. The first-order chi connectivity index (χ1) is 9.59. The number of hydrogen-bond donors (Lipinski definition) is 3. The van der Waals surface area contributed by atoms with Crippen LogP contribution in [0.1, 0.15) is 30.6 Å². The van der Waals surface area contributed by atoms with Gasteiger partial charge in [-0.2, -0.15) is 0 Å². The maximum atomic E-state index is 11.7. The smallest absolute Gasteiger partial charge is 0.252 e. The van der Waals surface area contributed by atoms with E-state index in [1.807, 2.05) is 0 Å². The van der Waals surface area contributed by atoms with Gasteiger partial charge in [0.1, 0.15) is 0 Å². The monoisotopic (exact) mass is 277 g/mol. The summed E-state index contributed by atoms with van der Waals surface area (Å²) in [5, 5.41) is 5.74. The number of guanidine groups is 1. The van der Waals surface area contributed by atoms with Crippen LogP contribution in [0.2, 0.25) is 0 Å². The van der Waals surface area contributed by atoms with Crippen molar-refractivity contribution in [2.45, 2.75) is 20.3 Å². The highest BCUT2D eigenvalue weighted by atomic mass is 16.1. The van der Waals surface area contributed by atoms with Gasteiger partial charge in [0.15, 0.2) is 5.96 Å². The zero-order chi connectivity index (χ0) is 14.8. The summed E-state index contributed by atoms with van der Waals surface area (Å²) in [5.41, 5.74) is 6.25. The summed E-state index contributed by atoms with van der Waals surface area (Å²) >= 11 is 0. The molecule has 0 aliphatic heterocycles. The standard InChI is InChI=1S/C14H23N5O/c1-11(2)5-7-18-14(15)19-9-8-17-13(20)12-4-3-6-16-10-12/h3-4,6,10-11H,5,7-9H2,1-2H3,(H,17,20)(H3,15,18,19). The predicted molar refractivity (Wildman–Crippen MR) is 80.5 cm³/mol. The van der Waals surface area contributed by atoms with Crippen molar-refractivity contribution in [3.63, 3.8) is 0 Å². The van der Waals surface area contributed by atoms with E-state index >= 15 is 0 Å². The van der Waals surface area contributed by atoms with Gasteiger partial charge in [-0.15, -0.1) is 0 Å². The van der Waals surface area contributed by atoms with Gasteiger partial charge in [-0.25, -0.2) is 0 Å². The first-order valence-corrected chi connectivity index (χ1v) is 6.81. The van der Waals surface area contributed by atoms with Crippen molar-refractivity contribution in [2.75, 3.05) is 19.6 Å². The summed E-state index contributed by atoms with van der Waals surface area (Å²) in [4.78, 5) is 19.8. The lowest BCUT2D eigenvalue weighted by molar-refractivity contribution is 0.0954. The Kier molecular flexibility index (Phi) is 7.10. The number of aliphatic imine (C=N–C) groups is 1. The second-order valence-corrected chi connectivity index (χ2v) is 4.87. The van der Waals surface area contributed by atoms with E-state index in [1.54, 1.807) is 18.3 Å². The predicted octanol–water partition coefficient (Wildman–Crippen LogP) is 0.762. The summed E-state index contributed by atoms with van der Waals surface area (Å²) in [7, 11) is 0. The van der Waals surface area contributed by atoms with Crippen molar-refractivity contribution in [2.24, 2.45) is 16.6 Å². The van der Waals surface area contributed by atoms with Gasteiger partial charge in [0.2, 0.25) is 0 Å². The highest BCUT2D eigenvalue weighted by Gasteiger charge is 2.03. The molecule has 1 heterocycles. The van der Waals surface area contributed by atoms with Crippen LogP contribution < -0.4 is 16.4 Å². The fourth-order valence-electron chi connectivity index (χ4n) is 1.46. The molecular formula is C14H23N5O. The molecular weight excluding hydrogens is 254 g/mol. The van der Waals surface area contributed by atoms with Gasteiger partial charge in [0.25, 0.3) is 5.91 Å². The molecule has 0 bridgehead atoms. The molecule has 20 heavy (non-hydrogen) atoms. The Bertz CT molecular complexity index is 430. The summed E-state index contributed by atoms with van der Waals surface area (Å²) in [6, 6.07) is 3.45. The quantitative estimate of drug-likeness (QED) is 0.390. The zero-order valence-corrected chi connectivity index (χ0v) is 12.1. The normalized spacial score (nSPS) is 11.4. The van der Waals surface area contributed by atoms with Crippen molar-refractivity contribution < 1.29 is 4.79 Å². The van der Waals surface area contributed by atoms with Crippen LogP contribution in [0, 0.1) is 5.92 Å². The minimum absolute atomic E-state index is 0.143. The average molecular weight is 277 g/mol. The molecule has 0 saturated carbocycles. The van der Waals surface area contributed by atoms with Crippen LogP contribution in [-0.4, -0.2) is 36.5 Å². The highest BCUT2D eigenvalue weighted by molar-refractivity contribution is 5.93. The van der Waals surface area contributed by atoms with Gasteiger partial charge in [-0.05, 0) is 24.5 Å². The number of carbonyl (C=O) groups is 1. The van der Waals surface area contributed by atoms with Gasteiger partial charge in [0.05, 0.1) is 5.56 Å². The topological polar surface area (TPSA) is 92.4 Å². The molecule has 0 aliphatic rings. The van der Waals surface area contributed by atoms with Crippen LogP contribution in [0.15, 0.2) is 29.5 Å². The molecule has 1 aromatic heterocycles. The Morgan fingerprint density at radius 1 is 1.40 bits per heavy atom. The SMILES string of the molecule is CC(C)CCN=C(N)NCCNC(=O)c1cccnc1. The maximum Gasteiger partial charge on any atom is 0.252 e. The Hall–Kier alpha value is -2.11. The van der Waals surface area contributed by atoms with Crippen molar-refractivity contribution >= 4 is 11.9 Å². The van der Waals surface area contributed by atoms with E-state index in [0.29, 0.717) is 30.5 Å². The van der Waals surface area contributed by atoms with E-state index in [9.17, 15) is 4.79 Å². The van der Waals surface area contributed by atoms with Crippen molar-refractivity contribution in [3.8, 4) is 0 Å². The van der Waals surface area contributed by atoms with Gasteiger partial charge in [-0.1, -0.05) is 13.8 Å². The van der Waals surface area contributed by atoms with E-state index in [1.165, 1.54) is 6.20 Å². The summed E-state index contributed by atoms with van der Waals surface area (Å²) < 4.78 is 0. The van der Waals surface area contributed by atoms with Gasteiger partial charge < -0.3 is 16.4 Å². The first kappa shape index (κ1) is 15.9. The van der Waals surface area contributed by atoms with E-state index < -0.39 is 0 Å². The van der Waals surface area contributed by atoms with E-state index in [2.05, 4.69) is 34.5 Å². The number of pyridine rings is 1. The maximum absolute atomic E-state index is 11.7. The Labute approximate surface area is 119 Å². The van der Waals surface area contributed by atoms with Crippen LogP contribution in [0.25, 0.3) is 0 Å². The molecule has 110 valence electrons. The van der Waals surface area contributed by atoms with E-state index in [-0.39, 0.29) is 5.91 Å². The zero-order valence-electron chi connectivity index (χ0n) is 12.1. The molecule has 6 heteroatoms. The van der Waals surface area contributed by atoms with Crippen LogP contribution >= 0.6 is 0 Å². The molecule has 0 atom stereocenters. The number of hydrogen-bond acceptors (Lipinski definition) is 3. The van der Waals surface area contributed by atoms with Crippen LogP contribution in [0.3, 0.4) is 0 Å². The second-order valence-electron chi connectivity index (χ2n) is 4.87. The molecule has 0 aromatic carbocycles. The van der Waals surface area contributed by atoms with E-state index in [4.69, 9.17) is 5.73 Å². The largest absolute Gasteiger partial charge is 0.370 e. The van der Waals surface area contributed by atoms with Gasteiger partial charge >= 0.3 is 0 Å². The minimum atomic E-state index is -0.143. The Balaban J connectivity index is 2.17. The molecule has 0 unspecified atom stereocenters. The molecule has 0 fully saturated rings. The third-order valence-corrected chi connectivity index (χ3v) is 2.63. The molecule has 0 saturated heterocycles. The van der Waals surface area contributed by atoms with Crippen molar-refractivity contribution in [3.05, 3.63) is 30.1 Å². The molecule has 4 N–H and O–H groups in total. The molecule has 0 radical (unpaired) electrons. The fraction of sp³-hybridized carbons (Fsp3) is 0.500. The van der Waals surface area contributed by atoms with Crippen LogP contribution in [0.4, 0.5) is 0 Å². The number of carbonyl (C=O) groups excluding carboxylic acids is 1. The number of nitrogens with two attached hydrogens (primary N) is 1. The van der Waals surface area contributed by atoms with Gasteiger partial charge in [0, 0.05) is 32.0 Å². The van der Waals surface area contributed by atoms with Gasteiger partial charge in [-0.3, -0.25) is 14.8 Å². The lowest BCUT2D eigenvalue weighted by Gasteiger charge is -2.08. The summed E-state index contributed by atoms with van der Waals surface area (Å²) in [6.07, 6.45) is 4.18. The number of amides is 1. The number of nitrogens with zero attached hydrogens (tertiary/aromatic N) is 2. The van der Waals surface area contributed by atoms with E-state index in [0.717, 1.165) is 13.0 Å². The molecule has 0 spiro atoms. The number of rotatable bonds is 7. The number of nitrogens with one attached hydrogen (secondary N) is 2. The minimum Gasteiger partial charge on any atom is -0.370 e. The molecule has 1 aromatic rings. The average Bonchev–Trinajstić information content (AvgIpc) is 2.44. The third-order valence-electron chi connectivity index (χ3n) is 2.63. The van der Waals surface area contributed by atoms with Crippen LogP contribution in [0.5, 0.6) is 0 Å². The molecule has 6 nitrogen and oxygen atoms in total. The van der Waals surface area contributed by atoms with Crippen molar-refractivity contribution in [1.29, 1.82) is 0 Å². The second kappa shape index (κ2) is 8.90. The molecule has 0 aliphatic carbocycles. The Morgan fingerprint density at radius 3 is 2.80 bits per heavy atom. The summed E-state index contributed by atoms with van der Waals surface area (Å²) in [5.74, 6) is 0.891.